The van der Waals surface area contributed by atoms with E-state index in [2.05, 4.69) is 22.1 Å². The van der Waals surface area contributed by atoms with Crippen LogP contribution in [0.4, 0.5) is 0 Å². The minimum atomic E-state index is 0.679. The molecular formula is C14H11N3. The van der Waals surface area contributed by atoms with Gasteiger partial charge in [-0.3, -0.25) is 0 Å². The number of nitrogens with one attached hydrogen (secondary N) is 1. The third-order valence-corrected chi connectivity index (χ3v) is 3.01. The molecule has 0 saturated carbocycles. The van der Waals surface area contributed by atoms with E-state index in [9.17, 15) is 0 Å². The first-order valence-corrected chi connectivity index (χ1v) is 5.48. The second-order valence-electron chi connectivity index (χ2n) is 4.36. The Balaban J connectivity index is 2.54. The second-order valence-corrected chi connectivity index (χ2v) is 4.36. The average molecular weight is 221 g/mol. The topological polar surface area (TPSA) is 52.5 Å². The Hall–Kier alpha value is -2.34. The van der Waals surface area contributed by atoms with Gasteiger partial charge in [0.1, 0.15) is 5.65 Å². The lowest BCUT2D eigenvalue weighted by Crippen LogP contribution is -1.80. The number of hydrogen-bond acceptors (Lipinski definition) is 2. The summed E-state index contributed by atoms with van der Waals surface area (Å²) < 4.78 is 0. The van der Waals surface area contributed by atoms with Crippen molar-refractivity contribution >= 4 is 21.9 Å². The fraction of sp³-hybridized carbons (Fsp3) is 0.143. The first-order chi connectivity index (χ1) is 8.19. The van der Waals surface area contributed by atoms with Gasteiger partial charge in [-0.1, -0.05) is 0 Å². The lowest BCUT2D eigenvalue weighted by molar-refractivity contribution is 1.30. The Morgan fingerprint density at radius 2 is 2.06 bits per heavy atom. The normalized spacial score (nSPS) is 10.9. The van der Waals surface area contributed by atoms with E-state index in [4.69, 9.17) is 5.26 Å². The van der Waals surface area contributed by atoms with Gasteiger partial charge in [0.05, 0.1) is 11.6 Å². The van der Waals surface area contributed by atoms with Gasteiger partial charge in [-0.2, -0.15) is 5.26 Å². The lowest BCUT2D eigenvalue weighted by Gasteiger charge is -1.98. The number of nitriles is 1. The number of hydrogen-bond donors (Lipinski definition) is 1. The van der Waals surface area contributed by atoms with E-state index in [1.165, 1.54) is 0 Å². The summed E-state index contributed by atoms with van der Waals surface area (Å²) >= 11 is 0. The van der Waals surface area contributed by atoms with Crippen LogP contribution in [0, 0.1) is 25.2 Å². The molecule has 0 saturated heterocycles. The molecule has 1 N–H and O–H groups in total. The molecular weight excluding hydrogens is 210 g/mol. The number of fused-ring (bicyclic) bond motifs is 3. The van der Waals surface area contributed by atoms with Crippen LogP contribution >= 0.6 is 0 Å². The van der Waals surface area contributed by atoms with Crippen LogP contribution in [0.2, 0.25) is 0 Å². The highest BCUT2D eigenvalue weighted by Gasteiger charge is 2.09. The summed E-state index contributed by atoms with van der Waals surface area (Å²) in [4.78, 5) is 7.63. The molecule has 0 aliphatic carbocycles. The Morgan fingerprint density at radius 1 is 1.24 bits per heavy atom. The molecule has 0 fully saturated rings. The van der Waals surface area contributed by atoms with Crippen LogP contribution < -0.4 is 0 Å². The molecule has 0 unspecified atom stereocenters. The maximum absolute atomic E-state index is 8.96. The Morgan fingerprint density at radius 3 is 2.82 bits per heavy atom. The standard InChI is InChI=1S/C14H11N3/c1-8-3-11-13-9(2)4-10(6-15)5-12(13)17-14(11)16-7-8/h3-5,7H,1-2H3,(H,16,17). The first-order valence-electron chi connectivity index (χ1n) is 5.48. The van der Waals surface area contributed by atoms with Crippen molar-refractivity contribution in [3.05, 3.63) is 41.1 Å². The first kappa shape index (κ1) is 9.86. The molecule has 0 radical (unpaired) electrons. The molecule has 1 aromatic carbocycles. The quantitative estimate of drug-likeness (QED) is 0.633. The van der Waals surface area contributed by atoms with E-state index < -0.39 is 0 Å². The SMILES string of the molecule is Cc1cnc2[nH]c3cc(C#N)cc(C)c3c2c1. The van der Waals surface area contributed by atoms with Gasteiger partial charge in [-0.05, 0) is 43.2 Å². The number of H-pyrrole nitrogens is 1. The summed E-state index contributed by atoms with van der Waals surface area (Å²) in [5.74, 6) is 0. The van der Waals surface area contributed by atoms with Gasteiger partial charge in [-0.15, -0.1) is 0 Å². The monoisotopic (exact) mass is 221 g/mol. The molecule has 0 aliphatic rings. The molecule has 0 spiro atoms. The van der Waals surface area contributed by atoms with Crippen molar-refractivity contribution in [3.63, 3.8) is 0 Å². The van der Waals surface area contributed by atoms with Gasteiger partial charge < -0.3 is 4.98 Å². The van der Waals surface area contributed by atoms with E-state index >= 15 is 0 Å². The molecule has 0 atom stereocenters. The molecule has 0 amide bonds. The van der Waals surface area contributed by atoms with Crippen molar-refractivity contribution in [3.8, 4) is 6.07 Å². The predicted octanol–water partition coefficient (Wildman–Crippen LogP) is 3.20. The smallest absolute Gasteiger partial charge is 0.138 e. The van der Waals surface area contributed by atoms with Crippen molar-refractivity contribution < 1.29 is 0 Å². The van der Waals surface area contributed by atoms with Crippen molar-refractivity contribution in [1.29, 1.82) is 5.26 Å². The van der Waals surface area contributed by atoms with Crippen molar-refractivity contribution in [2.75, 3.05) is 0 Å². The summed E-state index contributed by atoms with van der Waals surface area (Å²) in [5.41, 5.74) is 4.79. The molecule has 3 aromatic rings. The van der Waals surface area contributed by atoms with Crippen molar-refractivity contribution in [2.24, 2.45) is 0 Å². The molecule has 3 nitrogen and oxygen atoms in total. The summed E-state index contributed by atoms with van der Waals surface area (Å²) in [6, 6.07) is 8.09. The van der Waals surface area contributed by atoms with Crippen LogP contribution in [0.1, 0.15) is 16.7 Å². The fourth-order valence-electron chi connectivity index (χ4n) is 2.29. The van der Waals surface area contributed by atoms with Crippen molar-refractivity contribution in [2.45, 2.75) is 13.8 Å². The third kappa shape index (κ3) is 1.38. The number of nitrogens with zero attached hydrogens (tertiary/aromatic N) is 2. The van der Waals surface area contributed by atoms with Gasteiger partial charge >= 0.3 is 0 Å². The number of pyridine rings is 1. The molecule has 3 heteroatoms. The van der Waals surface area contributed by atoms with E-state index in [0.717, 1.165) is 33.1 Å². The Kier molecular flexibility index (Phi) is 1.93. The number of benzene rings is 1. The van der Waals surface area contributed by atoms with E-state index in [0.29, 0.717) is 5.56 Å². The molecule has 0 bridgehead atoms. The van der Waals surface area contributed by atoms with Crippen LogP contribution in [0.5, 0.6) is 0 Å². The summed E-state index contributed by atoms with van der Waals surface area (Å²) in [5, 5.41) is 11.3. The number of aromatic amines is 1. The maximum Gasteiger partial charge on any atom is 0.138 e. The molecule has 17 heavy (non-hydrogen) atoms. The minimum Gasteiger partial charge on any atom is -0.339 e. The average Bonchev–Trinajstić information content (AvgIpc) is 2.66. The summed E-state index contributed by atoms with van der Waals surface area (Å²) in [6.07, 6.45) is 1.85. The third-order valence-electron chi connectivity index (χ3n) is 3.01. The molecule has 3 rings (SSSR count). The zero-order valence-electron chi connectivity index (χ0n) is 9.70. The maximum atomic E-state index is 8.96. The molecule has 0 aliphatic heterocycles. The van der Waals surface area contributed by atoms with E-state index in [-0.39, 0.29) is 0 Å². The highest BCUT2D eigenvalue weighted by atomic mass is 14.8. The fourth-order valence-corrected chi connectivity index (χ4v) is 2.29. The molecule has 82 valence electrons. The number of rotatable bonds is 0. The minimum absolute atomic E-state index is 0.679. The highest BCUT2D eigenvalue weighted by molar-refractivity contribution is 6.08. The summed E-state index contributed by atoms with van der Waals surface area (Å²) in [7, 11) is 0. The van der Waals surface area contributed by atoms with Crippen LogP contribution in [0.3, 0.4) is 0 Å². The highest BCUT2D eigenvalue weighted by Crippen LogP contribution is 2.28. The second kappa shape index (κ2) is 3.33. The Labute approximate surface area is 98.7 Å². The van der Waals surface area contributed by atoms with Gasteiger partial charge in [0.25, 0.3) is 0 Å². The predicted molar refractivity (Wildman–Crippen MR) is 67.8 cm³/mol. The van der Waals surface area contributed by atoms with E-state index in [1.807, 2.05) is 32.2 Å². The van der Waals surface area contributed by atoms with Crippen LogP contribution in [0.15, 0.2) is 24.4 Å². The lowest BCUT2D eigenvalue weighted by atomic mass is 10.0. The van der Waals surface area contributed by atoms with Gasteiger partial charge in [-0.25, -0.2) is 4.98 Å². The van der Waals surface area contributed by atoms with Gasteiger partial charge in [0, 0.05) is 22.5 Å². The number of aryl methyl sites for hydroxylation is 2. The zero-order valence-corrected chi connectivity index (χ0v) is 9.70. The Bertz CT molecular complexity index is 775. The summed E-state index contributed by atoms with van der Waals surface area (Å²) in [6.45, 7) is 4.06. The molecule has 2 aromatic heterocycles. The molecule has 2 heterocycles. The van der Waals surface area contributed by atoms with Crippen molar-refractivity contribution in [1.82, 2.24) is 9.97 Å². The van der Waals surface area contributed by atoms with Gasteiger partial charge in [0.2, 0.25) is 0 Å². The zero-order chi connectivity index (χ0) is 12.0. The van der Waals surface area contributed by atoms with Crippen LogP contribution in [0.25, 0.3) is 21.9 Å². The van der Waals surface area contributed by atoms with E-state index in [1.54, 1.807) is 0 Å². The van der Waals surface area contributed by atoms with Crippen LogP contribution in [-0.2, 0) is 0 Å². The van der Waals surface area contributed by atoms with Crippen LogP contribution in [-0.4, -0.2) is 9.97 Å². The van der Waals surface area contributed by atoms with Gasteiger partial charge in [0.15, 0.2) is 0 Å². The largest absolute Gasteiger partial charge is 0.339 e. The number of aromatic nitrogens is 2.